The highest BCUT2D eigenvalue weighted by Crippen LogP contribution is 2.52. The molecule has 51 heavy (non-hydrogen) atoms. The molecule has 0 fully saturated rings. The van der Waals surface area contributed by atoms with Crippen LogP contribution in [0.1, 0.15) is 87.8 Å². The third-order valence-electron chi connectivity index (χ3n) is 12.4. The molecule has 0 atom stereocenters. The van der Waals surface area contributed by atoms with Crippen molar-refractivity contribution in [2.24, 2.45) is 0 Å². The molecule has 0 saturated heterocycles. The molecule has 0 aliphatic heterocycles. The molecule has 0 radical (unpaired) electrons. The quantitative estimate of drug-likeness (QED) is 0.190. The van der Waals surface area contributed by atoms with Crippen molar-refractivity contribution in [3.63, 3.8) is 0 Å². The van der Waals surface area contributed by atoms with Gasteiger partial charge >= 0.3 is 0 Å². The average Bonchev–Trinajstić information content (AvgIpc) is 3.64. The predicted octanol–water partition coefficient (Wildman–Crippen LogP) is 11.9. The van der Waals surface area contributed by atoms with Crippen molar-refractivity contribution in [3.8, 4) is 56.4 Å². The van der Waals surface area contributed by atoms with Crippen molar-refractivity contribution in [1.82, 2.24) is 15.0 Å². The number of nitrogens with zero attached hydrogens (tertiary/aromatic N) is 3. The largest absolute Gasteiger partial charge is 0.208 e. The van der Waals surface area contributed by atoms with Gasteiger partial charge in [0.25, 0.3) is 0 Å². The minimum Gasteiger partial charge on any atom is -0.208 e. The number of fused-ring (bicyclic) bond motifs is 8. The van der Waals surface area contributed by atoms with E-state index in [0.29, 0.717) is 17.5 Å². The topological polar surface area (TPSA) is 38.7 Å². The smallest absolute Gasteiger partial charge is 0.164 e. The van der Waals surface area contributed by atoms with Crippen molar-refractivity contribution < 1.29 is 0 Å². The molecule has 1 heterocycles. The summed E-state index contributed by atoms with van der Waals surface area (Å²) in [6.07, 6.45) is 6.82. The van der Waals surface area contributed by atoms with Gasteiger partial charge in [0.1, 0.15) is 0 Å². The minimum absolute atomic E-state index is 0.0151. The monoisotopic (exact) mass is 659 g/mol. The van der Waals surface area contributed by atoms with Crippen LogP contribution in [-0.2, 0) is 16.2 Å². The highest BCUT2D eigenvalue weighted by molar-refractivity contribution is 5.87. The zero-order valence-electron chi connectivity index (χ0n) is 30.2. The van der Waals surface area contributed by atoms with Gasteiger partial charge in [-0.25, -0.2) is 15.0 Å². The van der Waals surface area contributed by atoms with Crippen LogP contribution in [0.25, 0.3) is 62.0 Å². The van der Waals surface area contributed by atoms with Crippen molar-refractivity contribution in [2.45, 2.75) is 70.6 Å². The summed E-state index contributed by atoms with van der Waals surface area (Å²) in [6, 6.07) is 38.0. The van der Waals surface area contributed by atoms with E-state index in [0.717, 1.165) is 29.5 Å². The second-order valence-electron chi connectivity index (χ2n) is 16.4. The Labute approximate surface area is 300 Å². The van der Waals surface area contributed by atoms with E-state index in [-0.39, 0.29) is 16.2 Å². The third-order valence-corrected chi connectivity index (χ3v) is 12.4. The Morgan fingerprint density at radius 1 is 0.431 bits per heavy atom. The number of benzene rings is 5. The molecule has 0 N–H and O–H groups in total. The van der Waals surface area contributed by atoms with Crippen LogP contribution in [0, 0.1) is 0 Å². The van der Waals surface area contributed by atoms with Gasteiger partial charge in [-0.15, -0.1) is 0 Å². The van der Waals surface area contributed by atoms with Crippen LogP contribution in [0.15, 0.2) is 121 Å². The standard InChI is InChI=1S/C48H41N3/c1-46(2)38-17-11-8-14-32(38)35-25-28(20-23-40(35)46)43-49-44(29-21-24-41-36(26-29)33-15-9-12-18-39(33)47(41,3)4)51-45(50-43)30-19-22-34-31-13-7-10-16-37(31)48(5,6)42(34)27-30/h7-8,10-14,16-27H,9,15H2,1-6H3. The van der Waals surface area contributed by atoms with Crippen molar-refractivity contribution in [3.05, 3.63) is 154 Å². The van der Waals surface area contributed by atoms with Crippen molar-refractivity contribution in [2.75, 3.05) is 0 Å². The SMILES string of the molecule is CC1(C)C2=C(CCC=C2)c2cc(-c3nc(-c4ccc5c(c4)-c4ccccc4C5(C)C)nc(-c4ccc5c(c4)C(C)(C)c4ccccc4-5)n3)ccc21. The Kier molecular flexibility index (Phi) is 6.16. The number of aromatic nitrogens is 3. The summed E-state index contributed by atoms with van der Waals surface area (Å²) in [5, 5.41) is 0. The lowest BCUT2D eigenvalue weighted by Crippen LogP contribution is -2.16. The Morgan fingerprint density at radius 2 is 0.902 bits per heavy atom. The maximum absolute atomic E-state index is 5.27. The Hall–Kier alpha value is -5.41. The molecule has 3 nitrogen and oxygen atoms in total. The fourth-order valence-corrected chi connectivity index (χ4v) is 9.62. The lowest BCUT2D eigenvalue weighted by molar-refractivity contribution is 0.651. The van der Waals surface area contributed by atoms with Crippen LogP contribution in [0.3, 0.4) is 0 Å². The molecule has 6 aromatic rings. The van der Waals surface area contributed by atoms with E-state index < -0.39 is 0 Å². The molecule has 0 spiro atoms. The normalized spacial score (nSPS) is 17.8. The van der Waals surface area contributed by atoms with E-state index in [1.165, 1.54) is 66.8 Å². The summed E-state index contributed by atoms with van der Waals surface area (Å²) in [5.41, 5.74) is 19.0. The highest BCUT2D eigenvalue weighted by atomic mass is 15.0. The molecular formula is C48H41N3. The summed E-state index contributed by atoms with van der Waals surface area (Å²) in [4.78, 5) is 15.8. The van der Waals surface area contributed by atoms with E-state index >= 15 is 0 Å². The van der Waals surface area contributed by atoms with Crippen molar-refractivity contribution >= 4 is 5.57 Å². The lowest BCUT2D eigenvalue weighted by Gasteiger charge is -2.24. The highest BCUT2D eigenvalue weighted by Gasteiger charge is 2.39. The fourth-order valence-electron chi connectivity index (χ4n) is 9.62. The number of hydrogen-bond acceptors (Lipinski definition) is 3. The summed E-state index contributed by atoms with van der Waals surface area (Å²) in [7, 11) is 0. The maximum atomic E-state index is 5.27. The molecule has 0 saturated carbocycles. The molecular weight excluding hydrogens is 619 g/mol. The maximum Gasteiger partial charge on any atom is 0.164 e. The number of hydrogen-bond donors (Lipinski definition) is 0. The first-order valence-corrected chi connectivity index (χ1v) is 18.3. The molecule has 1 aromatic heterocycles. The van der Waals surface area contributed by atoms with Gasteiger partial charge < -0.3 is 0 Å². The molecule has 0 amide bonds. The molecule has 4 aliphatic rings. The molecule has 4 aliphatic carbocycles. The minimum atomic E-state index is -0.118. The first kappa shape index (κ1) is 30.4. The first-order chi connectivity index (χ1) is 24.5. The molecule has 0 bridgehead atoms. The van der Waals surface area contributed by atoms with Gasteiger partial charge in [0.15, 0.2) is 17.5 Å². The summed E-state index contributed by atoms with van der Waals surface area (Å²) >= 11 is 0. The molecule has 248 valence electrons. The molecule has 5 aromatic carbocycles. The molecule has 10 rings (SSSR count). The third kappa shape index (κ3) is 4.21. The Balaban J connectivity index is 1.17. The lowest BCUT2D eigenvalue weighted by atomic mass is 9.80. The van der Waals surface area contributed by atoms with Crippen LogP contribution in [0.2, 0.25) is 0 Å². The molecule has 3 heteroatoms. The van der Waals surface area contributed by atoms with Gasteiger partial charge in [-0.2, -0.15) is 0 Å². The summed E-state index contributed by atoms with van der Waals surface area (Å²) in [5.74, 6) is 2.11. The Bertz CT molecular complexity index is 2560. The Morgan fingerprint density at radius 3 is 1.55 bits per heavy atom. The van der Waals surface area contributed by atoms with Gasteiger partial charge in [-0.3, -0.25) is 0 Å². The van der Waals surface area contributed by atoms with Crippen LogP contribution in [0.4, 0.5) is 0 Å². The van der Waals surface area contributed by atoms with Gasteiger partial charge in [0.2, 0.25) is 0 Å². The predicted molar refractivity (Wildman–Crippen MR) is 210 cm³/mol. The van der Waals surface area contributed by atoms with Crippen LogP contribution in [-0.4, -0.2) is 15.0 Å². The fraction of sp³-hybridized carbons (Fsp3) is 0.229. The number of allylic oxidation sites excluding steroid dienone is 4. The van der Waals surface area contributed by atoms with Gasteiger partial charge in [0, 0.05) is 32.9 Å². The first-order valence-electron chi connectivity index (χ1n) is 18.3. The summed E-state index contributed by atoms with van der Waals surface area (Å²) < 4.78 is 0. The average molecular weight is 660 g/mol. The van der Waals surface area contributed by atoms with E-state index in [2.05, 4.69) is 157 Å². The second-order valence-corrected chi connectivity index (χ2v) is 16.4. The van der Waals surface area contributed by atoms with Crippen molar-refractivity contribution in [1.29, 1.82) is 0 Å². The number of rotatable bonds is 3. The van der Waals surface area contributed by atoms with Gasteiger partial charge in [0.05, 0.1) is 0 Å². The van der Waals surface area contributed by atoms with E-state index in [4.69, 9.17) is 15.0 Å². The van der Waals surface area contributed by atoms with E-state index in [1.807, 2.05) is 0 Å². The zero-order chi connectivity index (χ0) is 34.9. The van der Waals surface area contributed by atoms with Crippen LogP contribution >= 0.6 is 0 Å². The van der Waals surface area contributed by atoms with E-state index in [1.54, 1.807) is 0 Å². The van der Waals surface area contributed by atoms with Gasteiger partial charge in [-0.05, 0) is 97.8 Å². The van der Waals surface area contributed by atoms with E-state index in [9.17, 15) is 0 Å². The zero-order valence-corrected chi connectivity index (χ0v) is 30.2. The molecule has 0 unspecified atom stereocenters. The van der Waals surface area contributed by atoms with Crippen LogP contribution in [0.5, 0.6) is 0 Å². The van der Waals surface area contributed by atoms with Gasteiger partial charge in [-0.1, -0.05) is 139 Å². The van der Waals surface area contributed by atoms with Crippen LogP contribution < -0.4 is 0 Å². The second kappa shape index (κ2) is 10.3. The summed E-state index contributed by atoms with van der Waals surface area (Å²) in [6.45, 7) is 14.0.